The number of nitrogens with zero attached hydrogens (tertiary/aromatic N) is 1. The fourth-order valence-electron chi connectivity index (χ4n) is 2.06. The summed E-state index contributed by atoms with van der Waals surface area (Å²) in [6.45, 7) is 1.16. The van der Waals surface area contributed by atoms with E-state index in [1.54, 1.807) is 18.1 Å². The molecule has 1 aliphatic rings. The minimum Gasteiger partial charge on any atom is -0.497 e. The van der Waals surface area contributed by atoms with Gasteiger partial charge in [-0.25, -0.2) is 4.79 Å². The molecule has 4 amide bonds. The summed E-state index contributed by atoms with van der Waals surface area (Å²) < 4.78 is 5.09. The Labute approximate surface area is 115 Å². The molecule has 0 saturated heterocycles. The molecule has 0 spiro atoms. The number of carbonyl (C=O) groups excluding carboxylic acids is 3. The Balaban J connectivity index is 1.92. The molecule has 1 aliphatic heterocycles. The molecule has 106 valence electrons. The molecule has 7 heteroatoms. The van der Waals surface area contributed by atoms with Crippen molar-refractivity contribution in [1.82, 2.24) is 15.5 Å². The van der Waals surface area contributed by atoms with Crippen LogP contribution in [0.4, 0.5) is 4.79 Å². The average molecular weight is 277 g/mol. The minimum atomic E-state index is -0.578. The van der Waals surface area contributed by atoms with Gasteiger partial charge in [0, 0.05) is 25.2 Å². The van der Waals surface area contributed by atoms with E-state index in [4.69, 9.17) is 4.74 Å². The SMILES string of the molecule is COc1ccc2c(c1)C(=O)N(CCNC(=O)NC=O)C2. The Bertz CT molecular complexity index is 544. The van der Waals surface area contributed by atoms with Gasteiger partial charge >= 0.3 is 6.03 Å². The second-order valence-electron chi connectivity index (χ2n) is 4.27. The predicted molar refractivity (Wildman–Crippen MR) is 70.3 cm³/mol. The molecule has 1 heterocycles. The van der Waals surface area contributed by atoms with Crippen molar-refractivity contribution < 1.29 is 19.1 Å². The Hall–Kier alpha value is -2.57. The lowest BCUT2D eigenvalue weighted by Gasteiger charge is -2.15. The highest BCUT2D eigenvalue weighted by atomic mass is 16.5. The molecular weight excluding hydrogens is 262 g/mol. The molecular formula is C13H15N3O4. The molecule has 1 aromatic carbocycles. The van der Waals surface area contributed by atoms with Crippen LogP contribution in [0.5, 0.6) is 5.75 Å². The normalized spacial score (nSPS) is 12.8. The van der Waals surface area contributed by atoms with Crippen LogP contribution in [0.1, 0.15) is 15.9 Å². The minimum absolute atomic E-state index is 0.0866. The van der Waals surface area contributed by atoms with Crippen molar-refractivity contribution in [2.45, 2.75) is 6.54 Å². The van der Waals surface area contributed by atoms with E-state index < -0.39 is 6.03 Å². The van der Waals surface area contributed by atoms with Crippen LogP contribution in [0.25, 0.3) is 0 Å². The van der Waals surface area contributed by atoms with Gasteiger partial charge in [0.05, 0.1) is 7.11 Å². The van der Waals surface area contributed by atoms with Crippen LogP contribution >= 0.6 is 0 Å². The molecule has 7 nitrogen and oxygen atoms in total. The summed E-state index contributed by atoms with van der Waals surface area (Å²) in [5.74, 6) is 0.555. The van der Waals surface area contributed by atoms with E-state index in [2.05, 4.69) is 5.32 Å². The van der Waals surface area contributed by atoms with Crippen LogP contribution < -0.4 is 15.4 Å². The van der Waals surface area contributed by atoms with E-state index in [1.165, 1.54) is 0 Å². The number of rotatable bonds is 5. The monoisotopic (exact) mass is 277 g/mol. The number of nitrogens with one attached hydrogen (secondary N) is 2. The summed E-state index contributed by atoms with van der Waals surface area (Å²) in [6.07, 6.45) is 0.304. The molecule has 0 fully saturated rings. The number of urea groups is 1. The Kier molecular flexibility index (Phi) is 4.19. The first-order chi connectivity index (χ1) is 9.65. The van der Waals surface area contributed by atoms with Gasteiger partial charge in [-0.1, -0.05) is 6.07 Å². The van der Waals surface area contributed by atoms with Crippen LogP contribution in [0.3, 0.4) is 0 Å². The van der Waals surface area contributed by atoms with Gasteiger partial charge in [-0.3, -0.25) is 14.9 Å². The van der Waals surface area contributed by atoms with Crippen molar-refractivity contribution >= 4 is 18.3 Å². The van der Waals surface area contributed by atoms with Crippen LogP contribution in [0.2, 0.25) is 0 Å². The first-order valence-electron chi connectivity index (χ1n) is 6.10. The highest BCUT2D eigenvalue weighted by Crippen LogP contribution is 2.26. The van der Waals surface area contributed by atoms with E-state index in [0.29, 0.717) is 30.8 Å². The van der Waals surface area contributed by atoms with Crippen LogP contribution in [0.15, 0.2) is 18.2 Å². The van der Waals surface area contributed by atoms with Crippen molar-refractivity contribution in [3.05, 3.63) is 29.3 Å². The quantitative estimate of drug-likeness (QED) is 0.748. The zero-order valence-corrected chi connectivity index (χ0v) is 11.0. The predicted octanol–water partition coefficient (Wildman–Crippen LogP) is 0.107. The number of imide groups is 1. The Morgan fingerprint density at radius 3 is 3.00 bits per heavy atom. The topological polar surface area (TPSA) is 87.7 Å². The van der Waals surface area contributed by atoms with Crippen molar-refractivity contribution in [2.75, 3.05) is 20.2 Å². The molecule has 20 heavy (non-hydrogen) atoms. The van der Waals surface area contributed by atoms with Gasteiger partial charge in [-0.2, -0.15) is 0 Å². The van der Waals surface area contributed by atoms with Gasteiger partial charge in [0.15, 0.2) is 0 Å². The third kappa shape index (κ3) is 2.87. The largest absolute Gasteiger partial charge is 0.497 e. The van der Waals surface area contributed by atoms with Gasteiger partial charge < -0.3 is 15.0 Å². The molecule has 0 bridgehead atoms. The Morgan fingerprint density at radius 1 is 1.50 bits per heavy atom. The third-order valence-corrected chi connectivity index (χ3v) is 3.05. The second kappa shape index (κ2) is 6.05. The maximum Gasteiger partial charge on any atom is 0.321 e. The van der Waals surface area contributed by atoms with Gasteiger partial charge in [0.1, 0.15) is 5.75 Å². The smallest absolute Gasteiger partial charge is 0.321 e. The molecule has 0 saturated carbocycles. The molecule has 0 atom stereocenters. The summed E-state index contributed by atoms with van der Waals surface area (Å²) in [5.41, 5.74) is 1.56. The fraction of sp³-hybridized carbons (Fsp3) is 0.308. The third-order valence-electron chi connectivity index (χ3n) is 3.05. The van der Waals surface area contributed by atoms with E-state index >= 15 is 0 Å². The molecule has 1 aromatic rings. The molecule has 0 aromatic heterocycles. The maximum absolute atomic E-state index is 12.2. The number of methoxy groups -OCH3 is 1. The summed E-state index contributed by atoms with van der Waals surface area (Å²) >= 11 is 0. The number of carbonyl (C=O) groups is 3. The van der Waals surface area contributed by atoms with Gasteiger partial charge in [0.25, 0.3) is 5.91 Å². The lowest BCUT2D eigenvalue weighted by Crippen LogP contribution is -2.39. The highest BCUT2D eigenvalue weighted by molar-refractivity contribution is 5.98. The van der Waals surface area contributed by atoms with E-state index in [9.17, 15) is 14.4 Å². The number of hydrogen-bond acceptors (Lipinski definition) is 4. The zero-order chi connectivity index (χ0) is 14.5. The van der Waals surface area contributed by atoms with Gasteiger partial charge in [-0.05, 0) is 17.7 Å². The highest BCUT2D eigenvalue weighted by Gasteiger charge is 2.27. The number of fused-ring (bicyclic) bond motifs is 1. The van der Waals surface area contributed by atoms with E-state index in [0.717, 1.165) is 5.56 Å². The number of benzene rings is 1. The summed E-state index contributed by atoms with van der Waals surface area (Å²) in [4.78, 5) is 34.9. The summed E-state index contributed by atoms with van der Waals surface area (Å²) in [7, 11) is 1.55. The van der Waals surface area contributed by atoms with Crippen molar-refractivity contribution in [2.24, 2.45) is 0 Å². The maximum atomic E-state index is 12.2. The van der Waals surface area contributed by atoms with Crippen molar-refractivity contribution in [3.8, 4) is 5.75 Å². The van der Waals surface area contributed by atoms with Gasteiger partial charge in [-0.15, -0.1) is 0 Å². The first-order valence-corrected chi connectivity index (χ1v) is 6.10. The Morgan fingerprint density at radius 2 is 2.30 bits per heavy atom. The van der Waals surface area contributed by atoms with Crippen LogP contribution in [-0.2, 0) is 11.3 Å². The van der Waals surface area contributed by atoms with E-state index in [1.807, 2.05) is 17.4 Å². The van der Waals surface area contributed by atoms with Crippen LogP contribution in [-0.4, -0.2) is 43.4 Å². The first kappa shape index (κ1) is 13.9. The van der Waals surface area contributed by atoms with Gasteiger partial charge in [0.2, 0.25) is 6.41 Å². The van der Waals surface area contributed by atoms with Crippen molar-refractivity contribution in [3.63, 3.8) is 0 Å². The molecule has 0 radical (unpaired) electrons. The number of ether oxygens (including phenoxy) is 1. The standard InChI is InChI=1S/C13H15N3O4/c1-20-10-3-2-9-7-16(12(18)11(9)6-10)5-4-14-13(19)15-8-17/h2-3,6,8H,4-5,7H2,1H3,(H2,14,15,17,19). The van der Waals surface area contributed by atoms with Crippen molar-refractivity contribution in [1.29, 1.82) is 0 Å². The fourth-order valence-corrected chi connectivity index (χ4v) is 2.06. The van der Waals surface area contributed by atoms with Crippen LogP contribution in [0, 0.1) is 0 Å². The number of amides is 4. The molecule has 2 rings (SSSR count). The summed E-state index contributed by atoms with van der Waals surface area (Å²) in [6, 6.07) is 4.81. The zero-order valence-electron chi connectivity index (χ0n) is 11.0. The molecule has 2 N–H and O–H groups in total. The number of hydrogen-bond donors (Lipinski definition) is 2. The van der Waals surface area contributed by atoms with E-state index in [-0.39, 0.29) is 12.5 Å². The summed E-state index contributed by atoms with van der Waals surface area (Å²) in [5, 5.41) is 4.44. The average Bonchev–Trinajstić information content (AvgIpc) is 2.75. The lowest BCUT2D eigenvalue weighted by molar-refractivity contribution is -0.108. The lowest BCUT2D eigenvalue weighted by atomic mass is 10.1. The molecule has 0 aliphatic carbocycles. The molecule has 0 unspecified atom stereocenters. The second-order valence-corrected chi connectivity index (χ2v) is 4.27.